The maximum absolute atomic E-state index is 12.7. The number of hydrogen-bond acceptors (Lipinski definition) is 4. The van der Waals surface area contributed by atoms with Gasteiger partial charge in [-0.2, -0.15) is 0 Å². The molecule has 0 bridgehead atoms. The molecule has 2 N–H and O–H groups in total. The van der Waals surface area contributed by atoms with Crippen LogP contribution in [-0.4, -0.2) is 41.7 Å². The van der Waals surface area contributed by atoms with E-state index in [0.29, 0.717) is 29.2 Å². The number of halogens is 1. The molecule has 9 heteroatoms. The van der Waals surface area contributed by atoms with Crippen LogP contribution in [0.25, 0.3) is 0 Å². The summed E-state index contributed by atoms with van der Waals surface area (Å²) in [7, 11) is 1.65. The molecule has 2 aliphatic rings. The first-order valence-electron chi connectivity index (χ1n) is 9.87. The predicted octanol–water partition coefficient (Wildman–Crippen LogP) is 2.45. The van der Waals surface area contributed by atoms with Gasteiger partial charge >= 0.3 is 6.03 Å². The Morgan fingerprint density at radius 2 is 2.03 bits per heavy atom. The van der Waals surface area contributed by atoms with Gasteiger partial charge in [0.05, 0.1) is 0 Å². The molecule has 1 saturated heterocycles. The van der Waals surface area contributed by atoms with Crippen LogP contribution < -0.4 is 15.5 Å². The van der Waals surface area contributed by atoms with Crippen molar-refractivity contribution >= 4 is 41.0 Å². The lowest BCUT2D eigenvalue weighted by Gasteiger charge is -2.29. The summed E-state index contributed by atoms with van der Waals surface area (Å²) in [6, 6.07) is 11.4. The molecule has 0 spiro atoms. The standard InChI is InChI=1S/C22H21ClN4O4/c1-26(16-4-2-3-15(23)10-16)22(31)24-11-13-5-6-17-14(9-13)12-27(21(17)30)18-7-8-19(28)25-20(18)29/h2-6,9-10,18H,7-8,11-12H2,1H3,(H,24,31)(H,25,28,29). The number of carbonyl (C=O) groups excluding carboxylic acids is 4. The lowest BCUT2D eigenvalue weighted by Crippen LogP contribution is -2.52. The van der Waals surface area contributed by atoms with Gasteiger partial charge in [0.25, 0.3) is 5.91 Å². The molecule has 4 rings (SSSR count). The first-order chi connectivity index (χ1) is 14.8. The molecule has 0 aromatic heterocycles. The highest BCUT2D eigenvalue weighted by molar-refractivity contribution is 6.30. The second-order valence-electron chi connectivity index (χ2n) is 7.59. The predicted molar refractivity (Wildman–Crippen MR) is 115 cm³/mol. The van der Waals surface area contributed by atoms with Gasteiger partial charge in [-0.1, -0.05) is 29.8 Å². The Morgan fingerprint density at radius 1 is 1.23 bits per heavy atom. The van der Waals surface area contributed by atoms with Gasteiger partial charge in [-0.15, -0.1) is 0 Å². The van der Waals surface area contributed by atoms with Crippen LogP contribution in [0.4, 0.5) is 10.5 Å². The van der Waals surface area contributed by atoms with E-state index in [2.05, 4.69) is 10.6 Å². The van der Waals surface area contributed by atoms with Gasteiger partial charge < -0.3 is 10.2 Å². The number of carbonyl (C=O) groups is 4. The SMILES string of the molecule is CN(C(=O)NCc1ccc2c(c1)CN(C1CCC(=O)NC1=O)C2=O)c1cccc(Cl)c1. The molecule has 8 nitrogen and oxygen atoms in total. The normalized spacial score (nSPS) is 17.9. The van der Waals surface area contributed by atoms with E-state index in [1.807, 2.05) is 6.07 Å². The maximum Gasteiger partial charge on any atom is 0.321 e. The van der Waals surface area contributed by atoms with Crippen LogP contribution in [-0.2, 0) is 22.7 Å². The molecule has 1 unspecified atom stereocenters. The van der Waals surface area contributed by atoms with Crippen molar-refractivity contribution < 1.29 is 19.2 Å². The number of anilines is 1. The van der Waals surface area contributed by atoms with Crippen LogP contribution in [0.5, 0.6) is 0 Å². The minimum atomic E-state index is -0.646. The summed E-state index contributed by atoms with van der Waals surface area (Å²) < 4.78 is 0. The molecule has 31 heavy (non-hydrogen) atoms. The number of benzene rings is 2. The molecule has 2 aromatic rings. The molecule has 1 fully saturated rings. The highest BCUT2D eigenvalue weighted by atomic mass is 35.5. The van der Waals surface area contributed by atoms with Crippen molar-refractivity contribution in [2.24, 2.45) is 0 Å². The topological polar surface area (TPSA) is 98.8 Å². The quantitative estimate of drug-likeness (QED) is 0.713. The summed E-state index contributed by atoms with van der Waals surface area (Å²) in [6.07, 6.45) is 0.539. The van der Waals surface area contributed by atoms with Gasteiger partial charge in [-0.05, 0) is 41.8 Å². The van der Waals surface area contributed by atoms with Crippen molar-refractivity contribution in [3.05, 3.63) is 64.2 Å². The van der Waals surface area contributed by atoms with Crippen LogP contribution in [0.2, 0.25) is 5.02 Å². The van der Waals surface area contributed by atoms with Gasteiger partial charge in [-0.3, -0.25) is 24.6 Å². The zero-order valence-corrected chi connectivity index (χ0v) is 17.6. The van der Waals surface area contributed by atoms with Crippen molar-refractivity contribution in [2.75, 3.05) is 11.9 Å². The van der Waals surface area contributed by atoms with E-state index < -0.39 is 11.9 Å². The Labute approximate surface area is 184 Å². The Morgan fingerprint density at radius 3 is 2.77 bits per heavy atom. The van der Waals surface area contributed by atoms with E-state index in [1.54, 1.807) is 43.4 Å². The average molecular weight is 441 g/mol. The fourth-order valence-corrected chi connectivity index (χ4v) is 4.02. The third kappa shape index (κ3) is 4.25. The molecule has 2 aliphatic heterocycles. The summed E-state index contributed by atoms with van der Waals surface area (Å²) in [5.74, 6) is -0.971. The third-order valence-electron chi connectivity index (χ3n) is 5.53. The number of piperidine rings is 1. The zero-order chi connectivity index (χ0) is 22.1. The minimum Gasteiger partial charge on any atom is -0.334 e. The molecular formula is C22H21ClN4O4. The van der Waals surface area contributed by atoms with Crippen LogP contribution in [0.1, 0.15) is 34.3 Å². The van der Waals surface area contributed by atoms with E-state index in [9.17, 15) is 19.2 Å². The van der Waals surface area contributed by atoms with Crippen molar-refractivity contribution in [3.63, 3.8) is 0 Å². The van der Waals surface area contributed by atoms with E-state index in [-0.39, 0.29) is 30.8 Å². The van der Waals surface area contributed by atoms with Crippen molar-refractivity contribution in [3.8, 4) is 0 Å². The number of rotatable bonds is 4. The van der Waals surface area contributed by atoms with E-state index in [0.717, 1.165) is 11.1 Å². The number of fused-ring (bicyclic) bond motifs is 1. The Kier molecular flexibility index (Phi) is 5.65. The molecule has 0 aliphatic carbocycles. The van der Waals surface area contributed by atoms with Crippen LogP contribution >= 0.6 is 11.6 Å². The van der Waals surface area contributed by atoms with Crippen LogP contribution in [0.3, 0.4) is 0 Å². The lowest BCUT2D eigenvalue weighted by atomic mass is 10.0. The third-order valence-corrected chi connectivity index (χ3v) is 5.77. The van der Waals surface area contributed by atoms with Gasteiger partial charge in [0, 0.05) is 42.8 Å². The minimum absolute atomic E-state index is 0.216. The summed E-state index contributed by atoms with van der Waals surface area (Å²) in [5.41, 5.74) is 2.84. The summed E-state index contributed by atoms with van der Waals surface area (Å²) in [4.78, 5) is 51.7. The first kappa shape index (κ1) is 20.9. The Bertz CT molecular complexity index is 1090. The van der Waals surface area contributed by atoms with Gasteiger partial charge in [0.15, 0.2) is 0 Å². The van der Waals surface area contributed by atoms with Gasteiger partial charge in [0.1, 0.15) is 6.04 Å². The van der Waals surface area contributed by atoms with E-state index >= 15 is 0 Å². The highest BCUT2D eigenvalue weighted by Crippen LogP contribution is 2.28. The fraction of sp³-hybridized carbons (Fsp3) is 0.273. The van der Waals surface area contributed by atoms with Crippen molar-refractivity contribution in [1.82, 2.24) is 15.5 Å². The van der Waals surface area contributed by atoms with Gasteiger partial charge in [-0.25, -0.2) is 4.79 Å². The van der Waals surface area contributed by atoms with E-state index in [1.165, 1.54) is 9.80 Å². The fourth-order valence-electron chi connectivity index (χ4n) is 3.84. The zero-order valence-electron chi connectivity index (χ0n) is 16.9. The Balaban J connectivity index is 1.41. The average Bonchev–Trinajstić information content (AvgIpc) is 3.07. The molecule has 160 valence electrons. The lowest BCUT2D eigenvalue weighted by molar-refractivity contribution is -0.136. The summed E-state index contributed by atoms with van der Waals surface area (Å²) >= 11 is 5.99. The molecular weight excluding hydrogens is 420 g/mol. The number of nitrogens with one attached hydrogen (secondary N) is 2. The molecule has 2 aromatic carbocycles. The molecule has 2 heterocycles. The molecule has 0 radical (unpaired) electrons. The van der Waals surface area contributed by atoms with E-state index in [4.69, 9.17) is 11.6 Å². The summed E-state index contributed by atoms with van der Waals surface area (Å²) in [6.45, 7) is 0.578. The number of hydrogen-bond donors (Lipinski definition) is 2. The molecule has 0 saturated carbocycles. The van der Waals surface area contributed by atoms with Crippen LogP contribution in [0, 0.1) is 0 Å². The summed E-state index contributed by atoms with van der Waals surface area (Å²) in [5, 5.41) is 5.68. The first-order valence-corrected chi connectivity index (χ1v) is 10.2. The van der Waals surface area contributed by atoms with Crippen molar-refractivity contribution in [2.45, 2.75) is 32.0 Å². The monoisotopic (exact) mass is 440 g/mol. The smallest absolute Gasteiger partial charge is 0.321 e. The van der Waals surface area contributed by atoms with Crippen molar-refractivity contribution in [1.29, 1.82) is 0 Å². The Hall–Kier alpha value is -3.39. The number of nitrogens with zero attached hydrogens (tertiary/aromatic N) is 2. The number of imide groups is 1. The highest BCUT2D eigenvalue weighted by Gasteiger charge is 2.39. The number of amides is 5. The second-order valence-corrected chi connectivity index (χ2v) is 8.03. The van der Waals surface area contributed by atoms with Crippen LogP contribution in [0.15, 0.2) is 42.5 Å². The largest absolute Gasteiger partial charge is 0.334 e. The molecule has 5 amide bonds. The van der Waals surface area contributed by atoms with Gasteiger partial charge in [0.2, 0.25) is 11.8 Å². The number of urea groups is 1. The molecule has 1 atom stereocenters. The second kappa shape index (κ2) is 8.39. The maximum atomic E-state index is 12.7.